The molecular weight excluding hydrogens is 290 g/mol. The van der Waals surface area contributed by atoms with Crippen LogP contribution in [0, 0.1) is 5.92 Å². The van der Waals surface area contributed by atoms with Crippen LogP contribution in [-0.4, -0.2) is 49.6 Å². The molecule has 1 heterocycles. The number of hydrogen-bond acceptors (Lipinski definition) is 4. The summed E-state index contributed by atoms with van der Waals surface area (Å²) in [6.45, 7) is 5.94. The summed E-state index contributed by atoms with van der Waals surface area (Å²) in [7, 11) is 0. The van der Waals surface area contributed by atoms with Crippen molar-refractivity contribution >= 4 is 11.6 Å². The minimum absolute atomic E-state index is 0.146. The second-order valence-corrected chi connectivity index (χ2v) is 6.48. The summed E-state index contributed by atoms with van der Waals surface area (Å²) in [5, 5.41) is 0. The van der Waals surface area contributed by atoms with E-state index in [-0.39, 0.29) is 12.0 Å². The van der Waals surface area contributed by atoms with Crippen LogP contribution in [0.3, 0.4) is 0 Å². The van der Waals surface area contributed by atoms with E-state index in [0.717, 1.165) is 56.9 Å². The zero-order valence-corrected chi connectivity index (χ0v) is 13.9. The quantitative estimate of drug-likeness (QED) is 0.921. The van der Waals surface area contributed by atoms with E-state index in [0.29, 0.717) is 12.5 Å². The summed E-state index contributed by atoms with van der Waals surface area (Å²) in [4.78, 5) is 16.9. The number of piperazine rings is 1. The fraction of sp³-hybridized carbons (Fsp3) is 0.611. The molecule has 0 unspecified atom stereocenters. The normalized spacial score (nSPS) is 24.8. The average Bonchev–Trinajstić information content (AvgIpc) is 3.02. The summed E-state index contributed by atoms with van der Waals surface area (Å²) >= 11 is 0. The lowest BCUT2D eigenvalue weighted by molar-refractivity contribution is -0.135. The van der Waals surface area contributed by atoms with Gasteiger partial charge in [-0.15, -0.1) is 0 Å². The molecule has 2 aliphatic rings. The van der Waals surface area contributed by atoms with Crippen molar-refractivity contribution in [3.05, 3.63) is 24.3 Å². The highest BCUT2D eigenvalue weighted by molar-refractivity contribution is 5.79. The zero-order chi connectivity index (χ0) is 16.2. The molecule has 0 radical (unpaired) electrons. The van der Waals surface area contributed by atoms with Crippen molar-refractivity contribution < 1.29 is 9.53 Å². The molecule has 1 amide bonds. The Bertz CT molecular complexity index is 541. The van der Waals surface area contributed by atoms with E-state index in [1.165, 1.54) is 0 Å². The van der Waals surface area contributed by atoms with Gasteiger partial charge >= 0.3 is 0 Å². The Morgan fingerprint density at radius 2 is 1.96 bits per heavy atom. The molecule has 1 aromatic carbocycles. The van der Waals surface area contributed by atoms with Crippen LogP contribution in [0.15, 0.2) is 24.3 Å². The van der Waals surface area contributed by atoms with E-state index in [9.17, 15) is 4.79 Å². The molecule has 0 aromatic heterocycles. The fourth-order valence-corrected chi connectivity index (χ4v) is 3.66. The Balaban J connectivity index is 1.59. The molecule has 1 aromatic rings. The van der Waals surface area contributed by atoms with E-state index in [2.05, 4.69) is 11.0 Å². The highest BCUT2D eigenvalue weighted by Crippen LogP contribution is 2.30. The number of ether oxygens (including phenoxy) is 1. The largest absolute Gasteiger partial charge is 0.492 e. The van der Waals surface area contributed by atoms with Crippen molar-refractivity contribution in [2.45, 2.75) is 32.2 Å². The van der Waals surface area contributed by atoms with Gasteiger partial charge in [-0.05, 0) is 38.3 Å². The summed E-state index contributed by atoms with van der Waals surface area (Å²) in [5.41, 5.74) is 7.07. The van der Waals surface area contributed by atoms with Gasteiger partial charge in [-0.25, -0.2) is 0 Å². The Kier molecular flexibility index (Phi) is 5.06. The number of carbonyl (C=O) groups excluding carboxylic acids is 1. The van der Waals surface area contributed by atoms with Gasteiger partial charge < -0.3 is 20.3 Å². The number of carbonyl (C=O) groups is 1. The van der Waals surface area contributed by atoms with E-state index in [1.807, 2.05) is 30.0 Å². The molecule has 2 fully saturated rings. The van der Waals surface area contributed by atoms with Gasteiger partial charge in [-0.3, -0.25) is 4.79 Å². The first-order valence-corrected chi connectivity index (χ1v) is 8.70. The Morgan fingerprint density at radius 3 is 2.61 bits per heavy atom. The Hall–Kier alpha value is -1.75. The van der Waals surface area contributed by atoms with Crippen LogP contribution >= 0.6 is 0 Å². The average molecular weight is 317 g/mol. The number of nitrogens with two attached hydrogens (primary N) is 1. The lowest BCUT2D eigenvalue weighted by Crippen LogP contribution is -2.50. The van der Waals surface area contributed by atoms with Gasteiger partial charge in [0.25, 0.3) is 0 Å². The van der Waals surface area contributed by atoms with Crippen LogP contribution < -0.4 is 15.4 Å². The van der Waals surface area contributed by atoms with Crippen molar-refractivity contribution in [3.8, 4) is 5.75 Å². The fourth-order valence-electron chi connectivity index (χ4n) is 3.66. The lowest BCUT2D eigenvalue weighted by Gasteiger charge is -2.37. The van der Waals surface area contributed by atoms with Crippen molar-refractivity contribution in [3.63, 3.8) is 0 Å². The van der Waals surface area contributed by atoms with Gasteiger partial charge in [0, 0.05) is 38.1 Å². The molecule has 126 valence electrons. The predicted molar refractivity (Wildman–Crippen MR) is 91.7 cm³/mol. The molecule has 1 aliphatic carbocycles. The van der Waals surface area contributed by atoms with Crippen molar-refractivity contribution in [1.82, 2.24) is 4.90 Å². The van der Waals surface area contributed by atoms with Crippen LogP contribution in [0.25, 0.3) is 0 Å². The van der Waals surface area contributed by atoms with Gasteiger partial charge in [0.2, 0.25) is 5.91 Å². The number of para-hydroxylation sites is 2. The standard InChI is InChI=1S/C18H27N3O2/c1-2-23-17-6-4-3-5-16(17)20-9-11-21(12-10-20)18(22)14-7-8-15(19)13-14/h3-6,14-15H,2,7-13,19H2,1H3/t14-,15-/m1/s1. The molecule has 5 heteroatoms. The molecule has 2 N–H and O–H groups in total. The first-order chi connectivity index (χ1) is 11.2. The van der Waals surface area contributed by atoms with E-state index in [4.69, 9.17) is 10.5 Å². The van der Waals surface area contributed by atoms with Gasteiger partial charge in [-0.1, -0.05) is 12.1 Å². The van der Waals surface area contributed by atoms with Crippen molar-refractivity contribution in [2.24, 2.45) is 11.7 Å². The maximum Gasteiger partial charge on any atom is 0.225 e. The topological polar surface area (TPSA) is 58.8 Å². The predicted octanol–water partition coefficient (Wildman–Crippen LogP) is 1.86. The molecule has 2 atom stereocenters. The van der Waals surface area contributed by atoms with Crippen LogP contribution in [0.4, 0.5) is 5.69 Å². The molecule has 5 nitrogen and oxygen atoms in total. The maximum atomic E-state index is 12.6. The smallest absolute Gasteiger partial charge is 0.225 e. The van der Waals surface area contributed by atoms with Crippen LogP contribution in [0.1, 0.15) is 26.2 Å². The molecular formula is C18H27N3O2. The highest BCUT2D eigenvalue weighted by atomic mass is 16.5. The number of anilines is 1. The number of rotatable bonds is 4. The number of amides is 1. The van der Waals surface area contributed by atoms with Gasteiger partial charge in [0.1, 0.15) is 5.75 Å². The summed E-state index contributed by atoms with van der Waals surface area (Å²) in [5.74, 6) is 1.37. The van der Waals surface area contributed by atoms with Gasteiger partial charge in [0.15, 0.2) is 0 Å². The Labute approximate surface area is 138 Å². The van der Waals surface area contributed by atoms with E-state index in [1.54, 1.807) is 0 Å². The second kappa shape index (κ2) is 7.21. The highest BCUT2D eigenvalue weighted by Gasteiger charge is 2.32. The zero-order valence-electron chi connectivity index (χ0n) is 13.9. The first-order valence-electron chi connectivity index (χ1n) is 8.70. The molecule has 23 heavy (non-hydrogen) atoms. The minimum atomic E-state index is 0.146. The molecule has 1 aliphatic heterocycles. The monoisotopic (exact) mass is 317 g/mol. The first kappa shape index (κ1) is 16.1. The molecule has 1 saturated carbocycles. The van der Waals surface area contributed by atoms with Crippen molar-refractivity contribution in [2.75, 3.05) is 37.7 Å². The molecule has 3 rings (SSSR count). The second-order valence-electron chi connectivity index (χ2n) is 6.48. The van der Waals surface area contributed by atoms with Crippen LogP contribution in [0.5, 0.6) is 5.75 Å². The summed E-state index contributed by atoms with van der Waals surface area (Å²) in [6.07, 6.45) is 2.79. The van der Waals surface area contributed by atoms with Gasteiger partial charge in [-0.2, -0.15) is 0 Å². The molecule has 1 saturated heterocycles. The number of hydrogen-bond donors (Lipinski definition) is 1. The number of nitrogens with zero attached hydrogens (tertiary/aromatic N) is 2. The number of benzene rings is 1. The van der Waals surface area contributed by atoms with Crippen LogP contribution in [-0.2, 0) is 4.79 Å². The third-order valence-electron chi connectivity index (χ3n) is 4.92. The van der Waals surface area contributed by atoms with E-state index >= 15 is 0 Å². The molecule has 0 spiro atoms. The van der Waals surface area contributed by atoms with Crippen LogP contribution in [0.2, 0.25) is 0 Å². The lowest BCUT2D eigenvalue weighted by atomic mass is 10.1. The Morgan fingerprint density at radius 1 is 1.22 bits per heavy atom. The van der Waals surface area contributed by atoms with Crippen molar-refractivity contribution in [1.29, 1.82) is 0 Å². The van der Waals surface area contributed by atoms with E-state index < -0.39 is 0 Å². The maximum absolute atomic E-state index is 12.6. The SMILES string of the molecule is CCOc1ccccc1N1CCN(C(=O)[C@@H]2CC[C@@H](N)C2)CC1. The molecule has 0 bridgehead atoms. The summed E-state index contributed by atoms with van der Waals surface area (Å²) in [6, 6.07) is 8.35. The minimum Gasteiger partial charge on any atom is -0.492 e. The third kappa shape index (κ3) is 3.61. The summed E-state index contributed by atoms with van der Waals surface area (Å²) < 4.78 is 5.72. The third-order valence-corrected chi connectivity index (χ3v) is 4.92. The van der Waals surface area contributed by atoms with Gasteiger partial charge in [0.05, 0.1) is 12.3 Å².